The Labute approximate surface area is 368 Å². The minimum absolute atomic E-state index is 0.208. The van der Waals surface area contributed by atoms with Crippen LogP contribution < -0.4 is 0 Å². The summed E-state index contributed by atoms with van der Waals surface area (Å²) < 4.78 is 22.2. The fourth-order valence-corrected chi connectivity index (χ4v) is 8.19. The molecule has 0 aromatic rings. The van der Waals surface area contributed by atoms with Crippen molar-refractivity contribution < 1.29 is 49.0 Å². The molecule has 10 heteroatoms. The summed E-state index contributed by atoms with van der Waals surface area (Å²) in [6, 6.07) is 0. The lowest BCUT2D eigenvalue weighted by molar-refractivity contribution is -0.305. The van der Waals surface area contributed by atoms with Crippen LogP contribution in [0.2, 0.25) is 0 Å². The summed E-state index contributed by atoms with van der Waals surface area (Å²) in [5, 5.41) is 40.2. The summed E-state index contributed by atoms with van der Waals surface area (Å²) in [5.41, 5.74) is 0. The van der Waals surface area contributed by atoms with Crippen LogP contribution in [0.4, 0.5) is 0 Å². The minimum atomic E-state index is -1.59. The highest BCUT2D eigenvalue weighted by Gasteiger charge is 2.44. The van der Waals surface area contributed by atoms with Crippen molar-refractivity contribution in [2.75, 3.05) is 19.8 Å². The van der Waals surface area contributed by atoms with Crippen molar-refractivity contribution in [3.63, 3.8) is 0 Å². The van der Waals surface area contributed by atoms with E-state index in [1.807, 2.05) is 0 Å². The molecule has 0 saturated carbocycles. The number of hydrogen-bond acceptors (Lipinski definition) is 10. The molecule has 10 nitrogen and oxygen atoms in total. The third-order valence-corrected chi connectivity index (χ3v) is 12.2. The third-order valence-electron chi connectivity index (χ3n) is 12.2. The van der Waals surface area contributed by atoms with Gasteiger partial charge in [0.2, 0.25) is 0 Å². The first kappa shape index (κ1) is 56.7. The Morgan fingerprint density at radius 1 is 0.450 bits per heavy atom. The summed E-state index contributed by atoms with van der Waals surface area (Å²) in [6.07, 6.45) is 36.8. The van der Waals surface area contributed by atoms with Crippen molar-refractivity contribution >= 4 is 11.9 Å². The molecule has 1 heterocycles. The summed E-state index contributed by atoms with van der Waals surface area (Å²) in [5.74, 6) is -0.787. The van der Waals surface area contributed by atoms with Gasteiger partial charge < -0.3 is 39.4 Å². The first-order chi connectivity index (χ1) is 29.3. The lowest BCUT2D eigenvalue weighted by Crippen LogP contribution is -2.59. The predicted molar refractivity (Wildman–Crippen MR) is 243 cm³/mol. The average molecular weight is 857 g/mol. The molecule has 356 valence electrons. The number of ether oxygens (including phenoxy) is 4. The highest BCUT2D eigenvalue weighted by Crippen LogP contribution is 2.23. The highest BCUT2D eigenvalue weighted by atomic mass is 16.7. The van der Waals surface area contributed by atoms with Crippen molar-refractivity contribution in [3.8, 4) is 0 Å². The monoisotopic (exact) mass is 857 g/mol. The fourth-order valence-electron chi connectivity index (χ4n) is 8.19. The second kappa shape index (κ2) is 41.7. The smallest absolute Gasteiger partial charge is 0.306 e. The van der Waals surface area contributed by atoms with Crippen molar-refractivity contribution in [1.82, 2.24) is 0 Å². The maximum Gasteiger partial charge on any atom is 0.306 e. The quantitative estimate of drug-likeness (QED) is 0.0344. The van der Waals surface area contributed by atoms with E-state index < -0.39 is 49.4 Å². The molecular weight excluding hydrogens is 761 g/mol. The molecule has 0 aliphatic carbocycles. The second-order valence-electron chi connectivity index (χ2n) is 18.0. The van der Waals surface area contributed by atoms with Crippen LogP contribution in [0.1, 0.15) is 251 Å². The van der Waals surface area contributed by atoms with Gasteiger partial charge in [-0.15, -0.1) is 0 Å². The molecule has 0 aromatic carbocycles. The van der Waals surface area contributed by atoms with Gasteiger partial charge in [-0.2, -0.15) is 0 Å². The van der Waals surface area contributed by atoms with E-state index in [1.165, 1.54) is 186 Å². The van der Waals surface area contributed by atoms with E-state index >= 15 is 0 Å². The van der Waals surface area contributed by atoms with Gasteiger partial charge in [-0.25, -0.2) is 0 Å². The number of aliphatic hydroxyl groups is 4. The van der Waals surface area contributed by atoms with Gasteiger partial charge in [0.1, 0.15) is 31.0 Å². The van der Waals surface area contributed by atoms with E-state index in [1.54, 1.807) is 0 Å². The molecule has 1 saturated heterocycles. The molecule has 1 aliphatic heterocycles. The molecule has 60 heavy (non-hydrogen) atoms. The molecule has 1 fully saturated rings. The molecule has 0 amide bonds. The molecule has 0 spiro atoms. The molecule has 2 unspecified atom stereocenters. The first-order valence-corrected chi connectivity index (χ1v) is 25.6. The van der Waals surface area contributed by atoms with Gasteiger partial charge in [-0.3, -0.25) is 9.59 Å². The lowest BCUT2D eigenvalue weighted by atomic mass is 9.99. The van der Waals surface area contributed by atoms with Crippen LogP contribution in [0.25, 0.3) is 0 Å². The zero-order valence-corrected chi connectivity index (χ0v) is 39.0. The molecule has 4 N–H and O–H groups in total. The zero-order valence-electron chi connectivity index (χ0n) is 39.0. The number of unbranched alkanes of at least 4 members (excludes halogenated alkanes) is 33. The van der Waals surface area contributed by atoms with Crippen LogP contribution in [0.15, 0.2) is 0 Å². The van der Waals surface area contributed by atoms with E-state index in [0.717, 1.165) is 32.1 Å². The van der Waals surface area contributed by atoms with Gasteiger partial charge in [0.05, 0.1) is 13.2 Å². The summed E-state index contributed by atoms with van der Waals surface area (Å²) >= 11 is 0. The molecule has 1 aliphatic rings. The number of hydrogen-bond donors (Lipinski definition) is 4. The maximum atomic E-state index is 12.8. The highest BCUT2D eigenvalue weighted by molar-refractivity contribution is 5.70. The van der Waals surface area contributed by atoms with E-state index in [2.05, 4.69) is 13.8 Å². The standard InChI is InChI=1S/C50H96O10/c1-3-5-7-9-11-13-15-17-19-20-21-22-23-24-25-27-29-31-33-35-37-39-46(53)59-43(42-58-50-49(56)48(55)47(54)44(40-51)60-50)41-57-45(52)38-36-34-32-30-28-26-18-16-14-12-10-8-6-4-2/h43-44,47-51,54-56H,3-42H2,1-2H3/t43-,44-,47+,48?,49?,50-/m1/s1. The zero-order chi connectivity index (χ0) is 43.7. The van der Waals surface area contributed by atoms with Gasteiger partial charge >= 0.3 is 11.9 Å². The van der Waals surface area contributed by atoms with Gasteiger partial charge in [0, 0.05) is 12.8 Å². The van der Waals surface area contributed by atoms with Crippen molar-refractivity contribution in [1.29, 1.82) is 0 Å². The van der Waals surface area contributed by atoms with Crippen LogP contribution >= 0.6 is 0 Å². The topological polar surface area (TPSA) is 152 Å². The van der Waals surface area contributed by atoms with Crippen LogP contribution in [0.5, 0.6) is 0 Å². The number of aliphatic hydroxyl groups excluding tert-OH is 4. The third kappa shape index (κ3) is 32.4. The van der Waals surface area contributed by atoms with Gasteiger partial charge in [-0.05, 0) is 12.8 Å². The summed E-state index contributed by atoms with van der Waals surface area (Å²) in [7, 11) is 0. The number of carbonyl (C=O) groups is 2. The normalized spacial score (nSPS) is 19.7. The van der Waals surface area contributed by atoms with Gasteiger partial charge in [0.25, 0.3) is 0 Å². The Balaban J connectivity index is 2.23. The number of carbonyl (C=O) groups excluding carboxylic acids is 2. The van der Waals surface area contributed by atoms with Crippen molar-refractivity contribution in [2.45, 2.75) is 288 Å². The number of esters is 2. The number of rotatable bonds is 44. The van der Waals surface area contributed by atoms with Crippen LogP contribution in [0, 0.1) is 0 Å². The SMILES string of the molecule is CCCCCCCCCCCCCCCCCCCCCCCC(=O)O[C@H](COC(=O)CCCCCCCCCCCCCCCC)CO[C@@H]1O[C@H](CO)[C@H](O)C(O)C1O. The predicted octanol–water partition coefficient (Wildman–Crippen LogP) is 11.7. The van der Waals surface area contributed by atoms with E-state index in [4.69, 9.17) is 18.9 Å². The van der Waals surface area contributed by atoms with Crippen LogP contribution in [0.3, 0.4) is 0 Å². The fraction of sp³-hybridized carbons (Fsp3) is 0.960. The molecule has 1 rings (SSSR count). The molecular formula is C50H96O10. The molecule has 0 aromatic heterocycles. The van der Waals surface area contributed by atoms with Gasteiger partial charge in [-0.1, -0.05) is 226 Å². The summed E-state index contributed by atoms with van der Waals surface area (Å²) in [4.78, 5) is 25.4. The largest absolute Gasteiger partial charge is 0.462 e. The molecule has 6 atom stereocenters. The second-order valence-corrected chi connectivity index (χ2v) is 18.0. The maximum absolute atomic E-state index is 12.8. The molecule has 0 radical (unpaired) electrons. The minimum Gasteiger partial charge on any atom is -0.462 e. The van der Waals surface area contributed by atoms with E-state index in [-0.39, 0.29) is 32.0 Å². The Hall–Kier alpha value is -1.30. The van der Waals surface area contributed by atoms with Crippen molar-refractivity contribution in [2.24, 2.45) is 0 Å². The Morgan fingerprint density at radius 3 is 1.13 bits per heavy atom. The van der Waals surface area contributed by atoms with Crippen LogP contribution in [-0.4, -0.2) is 89.0 Å². The van der Waals surface area contributed by atoms with E-state index in [9.17, 15) is 30.0 Å². The van der Waals surface area contributed by atoms with Crippen molar-refractivity contribution in [3.05, 3.63) is 0 Å². The molecule has 0 bridgehead atoms. The van der Waals surface area contributed by atoms with E-state index in [0.29, 0.717) is 6.42 Å². The van der Waals surface area contributed by atoms with Crippen LogP contribution in [-0.2, 0) is 28.5 Å². The summed E-state index contributed by atoms with van der Waals surface area (Å²) in [6.45, 7) is 3.47. The first-order valence-electron chi connectivity index (χ1n) is 25.6. The Morgan fingerprint density at radius 2 is 0.783 bits per heavy atom. The van der Waals surface area contributed by atoms with Gasteiger partial charge in [0.15, 0.2) is 12.4 Å². The Kier molecular flexibility index (Phi) is 39.4. The Bertz CT molecular complexity index is 948. The average Bonchev–Trinajstić information content (AvgIpc) is 3.25. The lowest BCUT2D eigenvalue weighted by Gasteiger charge is -2.39.